The minimum Gasteiger partial charge on any atom is -0.396 e. The van der Waals surface area contributed by atoms with E-state index in [1.54, 1.807) is 11.3 Å². The SMILES string of the molecule is Cc1ncsc1C(C)NCC(C)CCO. The minimum atomic E-state index is 0.275. The van der Waals surface area contributed by atoms with Gasteiger partial charge in [0.25, 0.3) is 0 Å². The van der Waals surface area contributed by atoms with E-state index in [9.17, 15) is 0 Å². The monoisotopic (exact) mass is 228 g/mol. The fraction of sp³-hybridized carbons (Fsp3) is 0.727. The summed E-state index contributed by atoms with van der Waals surface area (Å²) in [6.07, 6.45) is 0.862. The van der Waals surface area contributed by atoms with Crippen molar-refractivity contribution in [1.82, 2.24) is 10.3 Å². The van der Waals surface area contributed by atoms with Gasteiger partial charge in [0.05, 0.1) is 11.2 Å². The first-order chi connectivity index (χ1) is 7.15. The quantitative estimate of drug-likeness (QED) is 0.784. The highest BCUT2D eigenvalue weighted by atomic mass is 32.1. The molecule has 0 aromatic carbocycles. The van der Waals surface area contributed by atoms with E-state index >= 15 is 0 Å². The zero-order valence-electron chi connectivity index (χ0n) is 9.66. The third-order valence-corrected chi connectivity index (χ3v) is 3.68. The number of rotatable bonds is 6. The average molecular weight is 228 g/mol. The van der Waals surface area contributed by atoms with Crippen molar-refractivity contribution in [2.45, 2.75) is 33.2 Å². The summed E-state index contributed by atoms with van der Waals surface area (Å²) in [5.74, 6) is 0.519. The van der Waals surface area contributed by atoms with Crippen LogP contribution in [-0.4, -0.2) is 23.2 Å². The minimum absolute atomic E-state index is 0.275. The Kier molecular flexibility index (Phi) is 5.22. The van der Waals surface area contributed by atoms with Crippen LogP contribution >= 0.6 is 11.3 Å². The highest BCUT2D eigenvalue weighted by molar-refractivity contribution is 7.09. The highest BCUT2D eigenvalue weighted by Gasteiger charge is 2.11. The third-order valence-electron chi connectivity index (χ3n) is 2.57. The lowest BCUT2D eigenvalue weighted by molar-refractivity contribution is 0.258. The van der Waals surface area contributed by atoms with Gasteiger partial charge < -0.3 is 10.4 Å². The molecule has 1 heterocycles. The summed E-state index contributed by atoms with van der Waals surface area (Å²) in [4.78, 5) is 5.55. The standard InChI is InChI=1S/C11H20N2OS/c1-8(4-5-14)6-12-9(2)11-10(3)13-7-15-11/h7-9,12,14H,4-6H2,1-3H3. The Hall–Kier alpha value is -0.450. The molecule has 3 nitrogen and oxygen atoms in total. The Bertz CT molecular complexity index is 288. The molecule has 0 saturated heterocycles. The number of aliphatic hydroxyl groups excluding tert-OH is 1. The maximum Gasteiger partial charge on any atom is 0.0798 e. The molecule has 0 saturated carbocycles. The summed E-state index contributed by atoms with van der Waals surface area (Å²) in [7, 11) is 0. The predicted octanol–water partition coefficient (Wildman–Crippen LogP) is 2.12. The maximum atomic E-state index is 8.79. The second-order valence-electron chi connectivity index (χ2n) is 4.05. The van der Waals surface area contributed by atoms with E-state index in [0.717, 1.165) is 18.7 Å². The van der Waals surface area contributed by atoms with Gasteiger partial charge in [-0.05, 0) is 32.7 Å². The predicted molar refractivity (Wildman–Crippen MR) is 64.1 cm³/mol. The van der Waals surface area contributed by atoms with E-state index in [2.05, 4.69) is 24.1 Å². The van der Waals surface area contributed by atoms with Crippen molar-refractivity contribution in [3.8, 4) is 0 Å². The van der Waals surface area contributed by atoms with Gasteiger partial charge in [-0.15, -0.1) is 11.3 Å². The summed E-state index contributed by atoms with van der Waals surface area (Å²) in [5.41, 5.74) is 3.01. The van der Waals surface area contributed by atoms with E-state index in [1.165, 1.54) is 4.88 Å². The van der Waals surface area contributed by atoms with Crippen LogP contribution in [0.5, 0.6) is 0 Å². The maximum absolute atomic E-state index is 8.79. The molecular formula is C11H20N2OS. The second-order valence-corrected chi connectivity index (χ2v) is 4.94. The van der Waals surface area contributed by atoms with Crippen LogP contribution in [0.3, 0.4) is 0 Å². The van der Waals surface area contributed by atoms with E-state index < -0.39 is 0 Å². The Morgan fingerprint density at radius 3 is 2.80 bits per heavy atom. The van der Waals surface area contributed by atoms with Gasteiger partial charge in [-0.3, -0.25) is 0 Å². The summed E-state index contributed by atoms with van der Waals surface area (Å²) < 4.78 is 0. The van der Waals surface area contributed by atoms with Gasteiger partial charge in [0, 0.05) is 17.5 Å². The summed E-state index contributed by atoms with van der Waals surface area (Å²) in [6.45, 7) is 7.57. The van der Waals surface area contributed by atoms with Crippen LogP contribution < -0.4 is 5.32 Å². The van der Waals surface area contributed by atoms with E-state index in [-0.39, 0.29) is 6.61 Å². The molecule has 0 bridgehead atoms. The Morgan fingerprint density at radius 1 is 1.53 bits per heavy atom. The zero-order chi connectivity index (χ0) is 11.3. The third kappa shape index (κ3) is 3.89. The molecule has 0 amide bonds. The van der Waals surface area contributed by atoms with Crippen molar-refractivity contribution in [3.05, 3.63) is 16.1 Å². The van der Waals surface area contributed by atoms with Gasteiger partial charge in [-0.25, -0.2) is 4.98 Å². The lowest BCUT2D eigenvalue weighted by atomic mass is 10.1. The first-order valence-electron chi connectivity index (χ1n) is 5.39. The first-order valence-corrected chi connectivity index (χ1v) is 6.27. The molecular weight excluding hydrogens is 208 g/mol. The van der Waals surface area contributed by atoms with Crippen molar-refractivity contribution < 1.29 is 5.11 Å². The van der Waals surface area contributed by atoms with Crippen molar-refractivity contribution in [2.24, 2.45) is 5.92 Å². The van der Waals surface area contributed by atoms with Gasteiger partial charge in [0.1, 0.15) is 0 Å². The van der Waals surface area contributed by atoms with E-state index in [0.29, 0.717) is 12.0 Å². The van der Waals surface area contributed by atoms with Gasteiger partial charge in [0.15, 0.2) is 0 Å². The molecule has 0 radical (unpaired) electrons. The Balaban J connectivity index is 2.36. The molecule has 0 fully saturated rings. The normalized spacial score (nSPS) is 15.2. The fourth-order valence-corrected chi connectivity index (χ4v) is 2.35. The molecule has 15 heavy (non-hydrogen) atoms. The lowest BCUT2D eigenvalue weighted by Gasteiger charge is -2.16. The number of hydrogen-bond donors (Lipinski definition) is 2. The number of hydrogen-bond acceptors (Lipinski definition) is 4. The summed E-state index contributed by atoms with van der Waals surface area (Å²) >= 11 is 1.70. The number of nitrogens with zero attached hydrogens (tertiary/aromatic N) is 1. The number of aromatic nitrogens is 1. The Labute approximate surface area is 95.6 Å². The highest BCUT2D eigenvalue weighted by Crippen LogP contribution is 2.21. The van der Waals surface area contributed by atoms with Crippen molar-refractivity contribution in [3.63, 3.8) is 0 Å². The topological polar surface area (TPSA) is 45.2 Å². The van der Waals surface area contributed by atoms with Crippen LogP contribution in [0.2, 0.25) is 0 Å². The first kappa shape index (κ1) is 12.6. The molecule has 2 unspecified atom stereocenters. The molecule has 0 aliphatic rings. The van der Waals surface area contributed by atoms with Crippen LogP contribution in [0.15, 0.2) is 5.51 Å². The second kappa shape index (κ2) is 6.20. The fourth-order valence-electron chi connectivity index (χ4n) is 1.52. The largest absolute Gasteiger partial charge is 0.396 e. The molecule has 0 aliphatic carbocycles. The molecule has 86 valence electrons. The molecule has 1 aromatic rings. The van der Waals surface area contributed by atoms with Crippen LogP contribution in [0.4, 0.5) is 0 Å². The average Bonchev–Trinajstić information content (AvgIpc) is 2.61. The molecule has 1 aromatic heterocycles. The van der Waals surface area contributed by atoms with Crippen molar-refractivity contribution in [1.29, 1.82) is 0 Å². The number of aliphatic hydroxyl groups is 1. The van der Waals surface area contributed by atoms with E-state index in [1.807, 2.05) is 12.4 Å². The summed E-state index contributed by atoms with van der Waals surface area (Å²) in [6, 6.07) is 0.360. The number of nitrogens with one attached hydrogen (secondary N) is 1. The van der Waals surface area contributed by atoms with Crippen LogP contribution in [0, 0.1) is 12.8 Å². The van der Waals surface area contributed by atoms with Gasteiger partial charge >= 0.3 is 0 Å². The molecule has 4 heteroatoms. The smallest absolute Gasteiger partial charge is 0.0798 e. The van der Waals surface area contributed by atoms with Crippen LogP contribution in [0.1, 0.15) is 36.9 Å². The molecule has 0 aliphatic heterocycles. The Morgan fingerprint density at radius 2 is 2.27 bits per heavy atom. The molecule has 2 atom stereocenters. The van der Waals surface area contributed by atoms with Crippen LogP contribution in [-0.2, 0) is 0 Å². The molecule has 2 N–H and O–H groups in total. The number of thiazole rings is 1. The van der Waals surface area contributed by atoms with Crippen molar-refractivity contribution in [2.75, 3.05) is 13.2 Å². The summed E-state index contributed by atoms with van der Waals surface area (Å²) in [5, 5.41) is 12.3. The molecule has 1 rings (SSSR count). The van der Waals surface area contributed by atoms with Gasteiger partial charge in [0.2, 0.25) is 0 Å². The van der Waals surface area contributed by atoms with Crippen molar-refractivity contribution >= 4 is 11.3 Å². The molecule has 0 spiro atoms. The lowest BCUT2D eigenvalue weighted by Crippen LogP contribution is -2.24. The van der Waals surface area contributed by atoms with Crippen LogP contribution in [0.25, 0.3) is 0 Å². The zero-order valence-corrected chi connectivity index (χ0v) is 10.5. The number of aryl methyl sites for hydroxylation is 1. The van der Waals surface area contributed by atoms with Gasteiger partial charge in [-0.1, -0.05) is 6.92 Å². The van der Waals surface area contributed by atoms with Gasteiger partial charge in [-0.2, -0.15) is 0 Å². The van der Waals surface area contributed by atoms with E-state index in [4.69, 9.17) is 5.11 Å².